The van der Waals surface area contributed by atoms with Crippen LogP contribution < -0.4 is 16.3 Å². The Bertz CT molecular complexity index is 942. The summed E-state index contributed by atoms with van der Waals surface area (Å²) in [6.45, 7) is 6.08. The summed E-state index contributed by atoms with van der Waals surface area (Å²) >= 11 is 0. The van der Waals surface area contributed by atoms with Gasteiger partial charge in [-0.1, -0.05) is 0 Å². The molecule has 116 valence electrons. The second-order valence-corrected chi connectivity index (χ2v) is 6.49. The molecule has 0 bridgehead atoms. The molecule has 0 saturated heterocycles. The van der Waals surface area contributed by atoms with E-state index in [4.69, 9.17) is 4.74 Å². The lowest BCUT2D eigenvalue weighted by molar-refractivity contribution is -0.147. The minimum atomic E-state index is -0.538. The molecule has 1 aromatic carbocycles. The second-order valence-electron chi connectivity index (χ2n) is 6.49. The van der Waals surface area contributed by atoms with Crippen LogP contribution in [0.2, 0.25) is 0 Å². The fourth-order valence-corrected chi connectivity index (χ4v) is 2.61. The number of benzene rings is 1. The SMILES string of the molecule is Cn1c(=O)[nH]c2cc3c(cc21)=NCCC=3C(=O)OC(C)(C)C. The third-order valence-corrected chi connectivity index (χ3v) is 3.64. The molecule has 0 amide bonds. The van der Waals surface area contributed by atoms with Crippen LogP contribution in [0.3, 0.4) is 0 Å². The summed E-state index contributed by atoms with van der Waals surface area (Å²) in [5, 5.41) is 1.48. The van der Waals surface area contributed by atoms with Crippen LogP contribution in [-0.2, 0) is 16.6 Å². The lowest BCUT2D eigenvalue weighted by atomic mass is 10.0. The van der Waals surface area contributed by atoms with E-state index < -0.39 is 5.60 Å². The van der Waals surface area contributed by atoms with Crippen molar-refractivity contribution in [3.05, 3.63) is 33.2 Å². The zero-order valence-electron chi connectivity index (χ0n) is 13.2. The maximum atomic E-state index is 12.4. The van der Waals surface area contributed by atoms with Crippen LogP contribution in [0, 0.1) is 0 Å². The molecule has 0 saturated carbocycles. The summed E-state index contributed by atoms with van der Waals surface area (Å²) in [6, 6.07) is 3.65. The van der Waals surface area contributed by atoms with Crippen molar-refractivity contribution in [2.75, 3.05) is 6.54 Å². The molecule has 22 heavy (non-hydrogen) atoms. The number of fused-ring (bicyclic) bond motifs is 2. The van der Waals surface area contributed by atoms with Gasteiger partial charge in [0, 0.05) is 24.4 Å². The van der Waals surface area contributed by atoms with E-state index in [1.165, 1.54) is 4.57 Å². The highest BCUT2D eigenvalue weighted by atomic mass is 16.6. The van der Waals surface area contributed by atoms with E-state index in [2.05, 4.69) is 9.98 Å². The number of aromatic nitrogens is 2. The van der Waals surface area contributed by atoms with Crippen LogP contribution in [0.25, 0.3) is 16.6 Å². The average molecular weight is 301 g/mol. The van der Waals surface area contributed by atoms with Gasteiger partial charge < -0.3 is 9.72 Å². The number of hydrogen-bond donors (Lipinski definition) is 1. The molecule has 1 aliphatic heterocycles. The predicted molar refractivity (Wildman–Crippen MR) is 83.1 cm³/mol. The zero-order chi connectivity index (χ0) is 16.1. The Labute approximate surface area is 127 Å². The van der Waals surface area contributed by atoms with Crippen LogP contribution in [-0.4, -0.2) is 27.7 Å². The van der Waals surface area contributed by atoms with Gasteiger partial charge in [0.1, 0.15) is 5.60 Å². The number of carbonyl (C=O) groups is 1. The second kappa shape index (κ2) is 4.83. The summed E-state index contributed by atoms with van der Waals surface area (Å²) in [6.07, 6.45) is 0.546. The van der Waals surface area contributed by atoms with Crippen molar-refractivity contribution in [2.45, 2.75) is 32.8 Å². The van der Waals surface area contributed by atoms with E-state index in [0.29, 0.717) is 24.1 Å². The van der Waals surface area contributed by atoms with Gasteiger partial charge in [-0.05, 0) is 39.3 Å². The van der Waals surface area contributed by atoms with E-state index in [9.17, 15) is 9.59 Å². The maximum Gasteiger partial charge on any atom is 0.335 e. The number of esters is 1. The van der Waals surface area contributed by atoms with E-state index in [0.717, 1.165) is 16.1 Å². The Morgan fingerprint density at radius 3 is 2.77 bits per heavy atom. The summed E-state index contributed by atoms with van der Waals surface area (Å²) in [7, 11) is 1.70. The topological polar surface area (TPSA) is 76.5 Å². The highest BCUT2D eigenvalue weighted by Gasteiger charge is 2.22. The number of aromatic amines is 1. The normalized spacial score (nSPS) is 14.6. The van der Waals surface area contributed by atoms with Crippen LogP contribution in [0.4, 0.5) is 0 Å². The highest BCUT2D eigenvalue weighted by molar-refractivity contribution is 6.10. The Morgan fingerprint density at radius 1 is 1.36 bits per heavy atom. The van der Waals surface area contributed by atoms with Crippen molar-refractivity contribution >= 4 is 22.6 Å². The van der Waals surface area contributed by atoms with Crippen molar-refractivity contribution < 1.29 is 9.53 Å². The fraction of sp³-hybridized carbons (Fsp3) is 0.438. The number of aryl methyl sites for hydroxylation is 1. The molecular weight excluding hydrogens is 282 g/mol. The van der Waals surface area contributed by atoms with Gasteiger partial charge in [-0.15, -0.1) is 0 Å². The lowest BCUT2D eigenvalue weighted by Crippen LogP contribution is -2.36. The third-order valence-electron chi connectivity index (χ3n) is 3.64. The first-order chi connectivity index (χ1) is 10.3. The standard InChI is InChI=1S/C16H19N3O3/c1-16(2,3)22-14(20)9-5-6-17-11-8-13-12(7-10(9)11)18-15(21)19(13)4/h7-8H,5-6H2,1-4H3,(H,18,21). The van der Waals surface area contributed by atoms with Gasteiger partial charge in [0.2, 0.25) is 0 Å². The number of nitrogens with zero attached hydrogens (tertiary/aromatic N) is 2. The van der Waals surface area contributed by atoms with Gasteiger partial charge in [0.25, 0.3) is 0 Å². The fourth-order valence-electron chi connectivity index (χ4n) is 2.61. The van der Waals surface area contributed by atoms with Crippen LogP contribution in [0.1, 0.15) is 27.2 Å². The summed E-state index contributed by atoms with van der Waals surface area (Å²) in [5.41, 5.74) is 1.37. The van der Waals surface area contributed by atoms with Crippen molar-refractivity contribution in [1.29, 1.82) is 0 Å². The number of imidazole rings is 1. The van der Waals surface area contributed by atoms with Crippen molar-refractivity contribution in [2.24, 2.45) is 12.0 Å². The average Bonchev–Trinajstić information content (AvgIpc) is 2.69. The maximum absolute atomic E-state index is 12.4. The monoisotopic (exact) mass is 301 g/mol. The molecule has 1 aromatic heterocycles. The molecule has 0 radical (unpaired) electrons. The van der Waals surface area contributed by atoms with Crippen molar-refractivity contribution in [1.82, 2.24) is 9.55 Å². The molecule has 2 aromatic rings. The Balaban J connectivity index is 2.26. The predicted octanol–water partition coefficient (Wildman–Crippen LogP) is 0.382. The first-order valence-corrected chi connectivity index (χ1v) is 7.26. The lowest BCUT2D eigenvalue weighted by Gasteiger charge is -2.21. The highest BCUT2D eigenvalue weighted by Crippen LogP contribution is 2.14. The molecule has 6 heteroatoms. The molecule has 0 unspecified atom stereocenters. The van der Waals surface area contributed by atoms with Gasteiger partial charge in [-0.3, -0.25) is 9.56 Å². The summed E-state index contributed by atoms with van der Waals surface area (Å²) < 4.78 is 7.01. The number of carbonyl (C=O) groups excluding carboxylic acids is 1. The van der Waals surface area contributed by atoms with Crippen LogP contribution in [0.5, 0.6) is 0 Å². The Morgan fingerprint density at radius 2 is 2.09 bits per heavy atom. The van der Waals surface area contributed by atoms with Gasteiger partial charge in [0.05, 0.1) is 16.4 Å². The van der Waals surface area contributed by atoms with Gasteiger partial charge in [0.15, 0.2) is 0 Å². The largest absolute Gasteiger partial charge is 0.457 e. The number of hydrogen-bond acceptors (Lipinski definition) is 4. The zero-order valence-corrected chi connectivity index (χ0v) is 13.2. The van der Waals surface area contributed by atoms with Crippen LogP contribution >= 0.6 is 0 Å². The number of rotatable bonds is 1. The molecule has 0 spiro atoms. The number of nitrogens with one attached hydrogen (secondary N) is 1. The minimum Gasteiger partial charge on any atom is -0.457 e. The quantitative estimate of drug-likeness (QED) is 0.774. The number of ether oxygens (including phenoxy) is 1. The minimum absolute atomic E-state index is 0.184. The van der Waals surface area contributed by atoms with Gasteiger partial charge in [-0.2, -0.15) is 0 Å². The van der Waals surface area contributed by atoms with E-state index in [-0.39, 0.29) is 11.7 Å². The molecule has 2 heterocycles. The summed E-state index contributed by atoms with van der Waals surface area (Å²) in [4.78, 5) is 31.4. The Hall–Kier alpha value is -2.37. The molecule has 0 atom stereocenters. The molecule has 0 fully saturated rings. The molecule has 3 rings (SSSR count). The third kappa shape index (κ3) is 2.45. The molecule has 1 N–H and O–H groups in total. The van der Waals surface area contributed by atoms with Gasteiger partial charge >= 0.3 is 11.7 Å². The molecular formula is C16H19N3O3. The molecule has 0 aliphatic carbocycles. The Kier molecular flexibility index (Phi) is 3.20. The van der Waals surface area contributed by atoms with Crippen molar-refractivity contribution in [3.8, 4) is 0 Å². The van der Waals surface area contributed by atoms with Crippen molar-refractivity contribution in [3.63, 3.8) is 0 Å². The smallest absolute Gasteiger partial charge is 0.335 e. The first-order valence-electron chi connectivity index (χ1n) is 7.26. The molecule has 6 nitrogen and oxygen atoms in total. The molecule has 1 aliphatic rings. The van der Waals surface area contributed by atoms with Crippen LogP contribution in [0.15, 0.2) is 21.9 Å². The first kappa shape index (κ1) is 14.6. The number of H-pyrrole nitrogens is 1. The summed E-state index contributed by atoms with van der Waals surface area (Å²) in [5.74, 6) is -0.318. The van der Waals surface area contributed by atoms with E-state index in [1.807, 2.05) is 32.9 Å². The van der Waals surface area contributed by atoms with Gasteiger partial charge in [-0.25, -0.2) is 9.59 Å². The van der Waals surface area contributed by atoms with E-state index in [1.54, 1.807) is 7.05 Å². The van der Waals surface area contributed by atoms with E-state index >= 15 is 0 Å².